The van der Waals surface area contributed by atoms with E-state index in [1.165, 1.54) is 18.9 Å². The Morgan fingerprint density at radius 1 is 1.11 bits per heavy atom. The highest BCUT2D eigenvalue weighted by Gasteiger charge is 2.39. The minimum atomic E-state index is -4.18. The maximum atomic E-state index is 15.2. The molecule has 2 N–H and O–H groups in total. The SMILES string of the molecule is O=C1CN(c2c(O)cc3c(c2F)CN(CCN2CCCC2)CC3)S(=O)(=O)N1. The second-order valence-electron chi connectivity index (χ2n) is 7.31. The molecule has 8 nitrogen and oxygen atoms in total. The number of benzene rings is 1. The molecule has 0 aliphatic carbocycles. The van der Waals surface area contributed by atoms with Gasteiger partial charge in [-0.3, -0.25) is 9.69 Å². The molecule has 0 spiro atoms. The standard InChI is InChI=1S/C17H23FN4O4S/c18-16-13-10-21(8-7-20-4-1-2-5-20)6-3-12(13)9-14(23)17(16)22-11-15(24)19-27(22,25)26/h9,23H,1-8,10-11H2,(H,19,24). The van der Waals surface area contributed by atoms with Gasteiger partial charge in [0.2, 0.25) is 0 Å². The number of likely N-dealkylation sites (tertiary alicyclic amines) is 1. The fourth-order valence-electron chi connectivity index (χ4n) is 4.06. The van der Waals surface area contributed by atoms with Gasteiger partial charge in [0.15, 0.2) is 5.82 Å². The number of rotatable bonds is 4. The normalized spacial score (nSPS) is 22.9. The molecule has 3 aliphatic rings. The Hall–Kier alpha value is -1.91. The maximum absolute atomic E-state index is 15.2. The van der Waals surface area contributed by atoms with Crippen LogP contribution in [0.2, 0.25) is 0 Å². The minimum Gasteiger partial charge on any atom is -0.506 e. The number of aromatic hydroxyl groups is 1. The molecule has 3 heterocycles. The van der Waals surface area contributed by atoms with Gasteiger partial charge in [-0.05, 0) is 44.0 Å². The van der Waals surface area contributed by atoms with Crippen molar-refractivity contribution in [1.29, 1.82) is 0 Å². The van der Waals surface area contributed by atoms with Crippen molar-refractivity contribution in [2.24, 2.45) is 0 Å². The fraction of sp³-hybridized carbons (Fsp3) is 0.588. The zero-order valence-corrected chi connectivity index (χ0v) is 15.8. The number of halogens is 1. The number of nitrogens with zero attached hydrogens (tertiary/aromatic N) is 3. The first-order valence-corrected chi connectivity index (χ1v) is 10.6. The molecule has 1 amide bonds. The summed E-state index contributed by atoms with van der Waals surface area (Å²) in [5.74, 6) is -1.98. The third kappa shape index (κ3) is 3.48. The highest BCUT2D eigenvalue weighted by Crippen LogP contribution is 2.38. The van der Waals surface area contributed by atoms with Gasteiger partial charge in [0.05, 0.1) is 0 Å². The molecule has 27 heavy (non-hydrogen) atoms. The lowest BCUT2D eigenvalue weighted by Gasteiger charge is -2.31. The van der Waals surface area contributed by atoms with Crippen LogP contribution in [-0.4, -0.2) is 68.5 Å². The predicted molar refractivity (Wildman–Crippen MR) is 97.1 cm³/mol. The number of fused-ring (bicyclic) bond motifs is 1. The van der Waals surface area contributed by atoms with E-state index < -0.39 is 39.9 Å². The van der Waals surface area contributed by atoms with Crippen LogP contribution in [0.15, 0.2) is 6.07 Å². The predicted octanol–water partition coefficient (Wildman–Crippen LogP) is 0.166. The smallest absolute Gasteiger partial charge is 0.326 e. The van der Waals surface area contributed by atoms with Crippen LogP contribution >= 0.6 is 0 Å². The molecule has 148 valence electrons. The van der Waals surface area contributed by atoms with Crippen molar-refractivity contribution in [3.05, 3.63) is 23.0 Å². The van der Waals surface area contributed by atoms with Crippen LogP contribution in [0.4, 0.5) is 10.1 Å². The molecule has 1 aromatic rings. The van der Waals surface area contributed by atoms with Crippen molar-refractivity contribution in [2.75, 3.05) is 43.6 Å². The van der Waals surface area contributed by atoms with E-state index in [1.54, 1.807) is 4.72 Å². The minimum absolute atomic E-state index is 0.359. The van der Waals surface area contributed by atoms with Gasteiger partial charge in [0, 0.05) is 31.7 Å². The van der Waals surface area contributed by atoms with Gasteiger partial charge >= 0.3 is 10.2 Å². The van der Waals surface area contributed by atoms with Gasteiger partial charge in [-0.2, -0.15) is 8.42 Å². The molecule has 10 heteroatoms. The third-order valence-corrected chi connectivity index (χ3v) is 6.87. The van der Waals surface area contributed by atoms with E-state index in [0.29, 0.717) is 28.4 Å². The molecule has 0 bridgehead atoms. The number of hydrogen-bond acceptors (Lipinski definition) is 6. The molecule has 0 aromatic heterocycles. The van der Waals surface area contributed by atoms with Crippen LogP contribution < -0.4 is 9.03 Å². The van der Waals surface area contributed by atoms with E-state index in [2.05, 4.69) is 9.80 Å². The van der Waals surface area contributed by atoms with E-state index in [4.69, 9.17) is 0 Å². The van der Waals surface area contributed by atoms with E-state index in [-0.39, 0.29) is 0 Å². The molecular formula is C17H23FN4O4S. The largest absolute Gasteiger partial charge is 0.506 e. The zero-order valence-electron chi connectivity index (χ0n) is 14.9. The molecule has 0 radical (unpaired) electrons. The quantitative estimate of drug-likeness (QED) is 0.751. The number of hydrogen-bond donors (Lipinski definition) is 2. The summed E-state index contributed by atoms with van der Waals surface area (Å²) in [6, 6.07) is 1.42. The molecule has 0 atom stereocenters. The third-order valence-electron chi connectivity index (χ3n) is 5.49. The Morgan fingerprint density at radius 2 is 1.81 bits per heavy atom. The molecule has 2 saturated heterocycles. The van der Waals surface area contributed by atoms with Crippen molar-refractivity contribution in [3.8, 4) is 5.75 Å². The average molecular weight is 398 g/mol. The van der Waals surface area contributed by atoms with Crippen molar-refractivity contribution in [2.45, 2.75) is 25.8 Å². The fourth-order valence-corrected chi connectivity index (χ4v) is 5.22. The van der Waals surface area contributed by atoms with E-state index in [9.17, 15) is 18.3 Å². The molecule has 1 aromatic carbocycles. The lowest BCUT2D eigenvalue weighted by Crippen LogP contribution is -2.38. The first kappa shape index (κ1) is 18.5. The van der Waals surface area contributed by atoms with Gasteiger partial charge in [-0.25, -0.2) is 13.4 Å². The Kier molecular flexibility index (Phi) is 4.73. The molecule has 4 rings (SSSR count). The second kappa shape index (κ2) is 6.92. The number of phenols is 1. The van der Waals surface area contributed by atoms with Crippen LogP contribution in [0.5, 0.6) is 5.75 Å². The van der Waals surface area contributed by atoms with E-state index >= 15 is 4.39 Å². The maximum Gasteiger partial charge on any atom is 0.326 e. The summed E-state index contributed by atoms with van der Waals surface area (Å²) in [5.41, 5.74) is 0.626. The molecule has 2 fully saturated rings. The number of carbonyl (C=O) groups excluding carboxylic acids is 1. The van der Waals surface area contributed by atoms with Crippen LogP contribution in [0.3, 0.4) is 0 Å². The summed E-state index contributed by atoms with van der Waals surface area (Å²) in [4.78, 5) is 16.0. The van der Waals surface area contributed by atoms with E-state index in [1.807, 2.05) is 0 Å². The van der Waals surface area contributed by atoms with Gasteiger partial charge in [-0.15, -0.1) is 0 Å². The summed E-state index contributed by atoms with van der Waals surface area (Å²) in [6.07, 6.45) is 3.03. The van der Waals surface area contributed by atoms with Crippen LogP contribution in [0, 0.1) is 5.82 Å². The summed E-state index contributed by atoms with van der Waals surface area (Å²) < 4.78 is 41.7. The lowest BCUT2D eigenvalue weighted by atomic mass is 9.97. The highest BCUT2D eigenvalue weighted by molar-refractivity contribution is 7.92. The Morgan fingerprint density at radius 3 is 2.48 bits per heavy atom. The lowest BCUT2D eigenvalue weighted by molar-refractivity contribution is -0.117. The average Bonchev–Trinajstić information content (AvgIpc) is 3.21. The summed E-state index contributed by atoms with van der Waals surface area (Å²) in [6.45, 7) is 4.54. The van der Waals surface area contributed by atoms with Crippen molar-refractivity contribution >= 4 is 21.8 Å². The first-order valence-electron chi connectivity index (χ1n) is 9.16. The number of nitrogens with one attached hydrogen (secondary N) is 1. The van der Waals surface area contributed by atoms with Gasteiger partial charge in [-0.1, -0.05) is 0 Å². The Labute approximate surface area is 157 Å². The Bertz CT molecular complexity index is 870. The van der Waals surface area contributed by atoms with Gasteiger partial charge in [0.25, 0.3) is 5.91 Å². The van der Waals surface area contributed by atoms with Gasteiger partial charge in [0.1, 0.15) is 18.0 Å². The molecule has 0 saturated carbocycles. The zero-order chi connectivity index (χ0) is 19.2. The van der Waals surface area contributed by atoms with Gasteiger partial charge < -0.3 is 10.0 Å². The number of phenolic OH excluding ortho intramolecular Hbond substituents is 1. The topological polar surface area (TPSA) is 93.2 Å². The van der Waals surface area contributed by atoms with Crippen molar-refractivity contribution in [1.82, 2.24) is 14.5 Å². The Balaban J connectivity index is 1.58. The molecule has 3 aliphatic heterocycles. The van der Waals surface area contributed by atoms with Crippen molar-refractivity contribution in [3.63, 3.8) is 0 Å². The van der Waals surface area contributed by atoms with Crippen LogP contribution in [-0.2, 0) is 28.0 Å². The second-order valence-corrected chi connectivity index (χ2v) is 8.90. The number of anilines is 1. The number of amides is 1. The first-order chi connectivity index (χ1) is 12.8. The summed E-state index contributed by atoms with van der Waals surface area (Å²) >= 11 is 0. The monoisotopic (exact) mass is 398 g/mol. The van der Waals surface area contributed by atoms with Crippen LogP contribution in [0.25, 0.3) is 0 Å². The van der Waals surface area contributed by atoms with E-state index in [0.717, 1.165) is 32.7 Å². The summed E-state index contributed by atoms with van der Waals surface area (Å²) in [7, 11) is -4.18. The van der Waals surface area contributed by atoms with Crippen LogP contribution in [0.1, 0.15) is 24.0 Å². The van der Waals surface area contributed by atoms with Crippen molar-refractivity contribution < 1.29 is 22.7 Å². The molecule has 0 unspecified atom stereocenters. The molecular weight excluding hydrogens is 375 g/mol. The number of carbonyl (C=O) groups is 1. The highest BCUT2D eigenvalue weighted by atomic mass is 32.2. The summed E-state index contributed by atoms with van der Waals surface area (Å²) in [5, 5.41) is 10.2.